The third-order valence-electron chi connectivity index (χ3n) is 2.36. The highest BCUT2D eigenvalue weighted by atomic mass is 35.5. The van der Waals surface area contributed by atoms with E-state index < -0.39 is 17.5 Å². The summed E-state index contributed by atoms with van der Waals surface area (Å²) in [4.78, 5) is 0. The van der Waals surface area contributed by atoms with Gasteiger partial charge in [0, 0.05) is 6.07 Å². The molecule has 0 aliphatic rings. The van der Waals surface area contributed by atoms with Crippen molar-refractivity contribution < 1.29 is 13.2 Å². The van der Waals surface area contributed by atoms with Gasteiger partial charge >= 0.3 is 0 Å². The van der Waals surface area contributed by atoms with Gasteiger partial charge < -0.3 is 10.6 Å². The Kier molecular flexibility index (Phi) is 4.46. The van der Waals surface area contributed by atoms with Gasteiger partial charge in [-0.05, 0) is 42.5 Å². The highest BCUT2D eigenvalue weighted by Crippen LogP contribution is 2.23. The van der Waals surface area contributed by atoms with Crippen LogP contribution in [0.15, 0.2) is 36.4 Å². The lowest BCUT2D eigenvalue weighted by molar-refractivity contribution is 0.604. The van der Waals surface area contributed by atoms with E-state index >= 15 is 0 Å². The summed E-state index contributed by atoms with van der Waals surface area (Å²) in [6.07, 6.45) is 0. The van der Waals surface area contributed by atoms with Crippen molar-refractivity contribution in [2.24, 2.45) is 0 Å². The molecule has 0 aromatic heterocycles. The molecule has 2 aromatic carbocycles. The van der Waals surface area contributed by atoms with Crippen LogP contribution < -0.4 is 10.6 Å². The fourth-order valence-corrected chi connectivity index (χ4v) is 1.89. The van der Waals surface area contributed by atoms with E-state index in [1.165, 1.54) is 12.1 Å². The van der Waals surface area contributed by atoms with Crippen LogP contribution in [-0.4, -0.2) is 5.11 Å². The molecule has 20 heavy (non-hydrogen) atoms. The van der Waals surface area contributed by atoms with Gasteiger partial charge in [0.2, 0.25) is 0 Å². The number of anilines is 2. The summed E-state index contributed by atoms with van der Waals surface area (Å²) in [5.74, 6) is -1.74. The second kappa shape index (κ2) is 6.11. The minimum Gasteiger partial charge on any atom is -0.331 e. The molecule has 7 heteroatoms. The Balaban J connectivity index is 2.11. The third kappa shape index (κ3) is 3.61. The molecule has 2 aromatic rings. The molecule has 0 heterocycles. The van der Waals surface area contributed by atoms with E-state index in [4.69, 9.17) is 23.8 Å². The minimum atomic E-state index is -0.652. The summed E-state index contributed by atoms with van der Waals surface area (Å²) in [5, 5.41) is 5.28. The van der Waals surface area contributed by atoms with Crippen LogP contribution in [0.4, 0.5) is 24.5 Å². The van der Waals surface area contributed by atoms with Crippen molar-refractivity contribution >= 4 is 40.3 Å². The van der Waals surface area contributed by atoms with E-state index in [1.807, 2.05) is 0 Å². The van der Waals surface area contributed by atoms with Crippen molar-refractivity contribution in [3.05, 3.63) is 58.9 Å². The lowest BCUT2D eigenvalue weighted by Gasteiger charge is -2.12. The summed E-state index contributed by atoms with van der Waals surface area (Å²) in [6.45, 7) is 0. The molecule has 0 spiro atoms. The first-order valence-electron chi connectivity index (χ1n) is 5.44. The number of nitrogens with one attached hydrogen (secondary N) is 2. The maximum absolute atomic E-state index is 13.4. The largest absolute Gasteiger partial charge is 0.331 e. The molecule has 0 radical (unpaired) electrons. The molecule has 0 unspecified atom stereocenters. The number of hydrogen-bond acceptors (Lipinski definition) is 1. The van der Waals surface area contributed by atoms with Gasteiger partial charge in [-0.25, -0.2) is 13.2 Å². The Hall–Kier alpha value is -1.79. The first kappa shape index (κ1) is 14.6. The van der Waals surface area contributed by atoms with Crippen LogP contribution in [0, 0.1) is 17.5 Å². The van der Waals surface area contributed by atoms with Gasteiger partial charge in [-0.3, -0.25) is 0 Å². The monoisotopic (exact) mass is 316 g/mol. The first-order valence-corrected chi connectivity index (χ1v) is 6.22. The first-order chi connectivity index (χ1) is 9.45. The SMILES string of the molecule is Fc1ccc(NC(=S)Nc2cc(F)ccc2F)c(Cl)c1. The standard InChI is InChI=1S/C13H8ClF3N2S/c14-9-5-7(15)2-4-11(9)18-13(20)19-12-6-8(16)1-3-10(12)17/h1-6H,(H2,18,19,20). The number of halogens is 4. The molecular formula is C13H8ClF3N2S. The summed E-state index contributed by atoms with van der Waals surface area (Å²) in [5.41, 5.74) is 0.239. The van der Waals surface area contributed by atoms with Gasteiger partial charge in [-0.2, -0.15) is 0 Å². The zero-order valence-corrected chi connectivity index (χ0v) is 11.5. The third-order valence-corrected chi connectivity index (χ3v) is 2.87. The Labute approximate surface area is 123 Å². The molecule has 0 fully saturated rings. The van der Waals surface area contributed by atoms with Crippen LogP contribution in [0.2, 0.25) is 5.02 Å². The van der Waals surface area contributed by atoms with E-state index in [0.717, 1.165) is 24.3 Å². The zero-order chi connectivity index (χ0) is 14.7. The van der Waals surface area contributed by atoms with Crippen LogP contribution >= 0.6 is 23.8 Å². The summed E-state index contributed by atoms with van der Waals surface area (Å²) in [6, 6.07) is 6.62. The van der Waals surface area contributed by atoms with Crippen LogP contribution in [-0.2, 0) is 0 Å². The molecule has 0 aliphatic carbocycles. The van der Waals surface area contributed by atoms with Crippen LogP contribution in [0.3, 0.4) is 0 Å². The van der Waals surface area contributed by atoms with Gasteiger partial charge in [-0.1, -0.05) is 11.6 Å². The number of benzene rings is 2. The number of rotatable bonds is 2. The second-order valence-corrected chi connectivity index (χ2v) is 4.64. The smallest absolute Gasteiger partial charge is 0.175 e. The minimum absolute atomic E-state index is 0.00279. The predicted molar refractivity (Wildman–Crippen MR) is 77.6 cm³/mol. The molecule has 0 aliphatic heterocycles. The number of hydrogen-bond donors (Lipinski definition) is 2. The van der Waals surface area contributed by atoms with Gasteiger partial charge in [0.25, 0.3) is 0 Å². The average Bonchev–Trinajstić information content (AvgIpc) is 2.37. The molecular weight excluding hydrogens is 309 g/mol. The zero-order valence-electron chi connectivity index (χ0n) is 9.88. The quantitative estimate of drug-likeness (QED) is 0.794. The fourth-order valence-electron chi connectivity index (χ4n) is 1.46. The van der Waals surface area contributed by atoms with Crippen molar-refractivity contribution in [1.82, 2.24) is 0 Å². The molecule has 2 rings (SSSR count). The fraction of sp³-hybridized carbons (Fsp3) is 0. The molecule has 0 saturated carbocycles. The maximum Gasteiger partial charge on any atom is 0.175 e. The van der Waals surface area contributed by atoms with Gasteiger partial charge in [0.15, 0.2) is 5.11 Å². The molecule has 2 N–H and O–H groups in total. The molecule has 104 valence electrons. The highest BCUT2D eigenvalue weighted by molar-refractivity contribution is 7.80. The molecule has 0 amide bonds. The lowest BCUT2D eigenvalue weighted by atomic mass is 10.3. The van der Waals surface area contributed by atoms with Crippen LogP contribution in [0.1, 0.15) is 0 Å². The van der Waals surface area contributed by atoms with E-state index in [0.29, 0.717) is 5.69 Å². The van der Waals surface area contributed by atoms with Crippen molar-refractivity contribution in [1.29, 1.82) is 0 Å². The Bertz CT molecular complexity index is 664. The molecule has 0 atom stereocenters. The van der Waals surface area contributed by atoms with E-state index in [1.54, 1.807) is 0 Å². The van der Waals surface area contributed by atoms with Gasteiger partial charge in [0.1, 0.15) is 17.5 Å². The Morgan fingerprint density at radius 2 is 1.50 bits per heavy atom. The second-order valence-electron chi connectivity index (χ2n) is 3.83. The topological polar surface area (TPSA) is 24.1 Å². The Morgan fingerprint density at radius 1 is 0.900 bits per heavy atom. The summed E-state index contributed by atoms with van der Waals surface area (Å²) >= 11 is 10.8. The molecule has 0 saturated heterocycles. The molecule has 2 nitrogen and oxygen atoms in total. The Morgan fingerprint density at radius 3 is 2.20 bits per heavy atom. The van der Waals surface area contributed by atoms with Crippen LogP contribution in [0.25, 0.3) is 0 Å². The van der Waals surface area contributed by atoms with E-state index in [9.17, 15) is 13.2 Å². The molecule has 0 bridgehead atoms. The summed E-state index contributed by atoms with van der Waals surface area (Å²) in [7, 11) is 0. The van der Waals surface area contributed by atoms with Crippen molar-refractivity contribution in [3.8, 4) is 0 Å². The number of thiocarbonyl (C=S) groups is 1. The van der Waals surface area contributed by atoms with Gasteiger partial charge in [-0.15, -0.1) is 0 Å². The van der Waals surface area contributed by atoms with E-state index in [-0.39, 0.29) is 15.8 Å². The normalized spacial score (nSPS) is 10.2. The maximum atomic E-state index is 13.4. The average molecular weight is 317 g/mol. The van der Waals surface area contributed by atoms with Crippen molar-refractivity contribution in [2.75, 3.05) is 10.6 Å². The van der Waals surface area contributed by atoms with Crippen molar-refractivity contribution in [2.45, 2.75) is 0 Å². The lowest BCUT2D eigenvalue weighted by Crippen LogP contribution is -2.20. The van der Waals surface area contributed by atoms with Crippen LogP contribution in [0.5, 0.6) is 0 Å². The van der Waals surface area contributed by atoms with Gasteiger partial charge in [0.05, 0.1) is 16.4 Å². The highest BCUT2D eigenvalue weighted by Gasteiger charge is 2.08. The predicted octanol–water partition coefficient (Wildman–Crippen LogP) is 4.57. The van der Waals surface area contributed by atoms with Crippen molar-refractivity contribution in [3.63, 3.8) is 0 Å². The van der Waals surface area contributed by atoms with E-state index in [2.05, 4.69) is 10.6 Å². The summed E-state index contributed by atoms with van der Waals surface area (Å²) < 4.78 is 39.3.